The quantitative estimate of drug-likeness (QED) is 0.356. The van der Waals surface area contributed by atoms with Crippen LogP contribution in [0.5, 0.6) is 5.75 Å². The van der Waals surface area contributed by atoms with Crippen molar-refractivity contribution in [1.82, 2.24) is 0 Å². The fourth-order valence-electron chi connectivity index (χ4n) is 1.43. The number of alkyl halides is 1. The lowest BCUT2D eigenvalue weighted by molar-refractivity contribution is -0.385. The van der Waals surface area contributed by atoms with Gasteiger partial charge in [-0.2, -0.15) is 0 Å². The highest BCUT2D eigenvalue weighted by atomic mass is 35.5. The number of hydrogen-bond acceptors (Lipinski definition) is 5. The highest BCUT2D eigenvalue weighted by Crippen LogP contribution is 2.31. The number of benzene rings is 1. The Morgan fingerprint density at radius 1 is 1.50 bits per heavy atom. The van der Waals surface area contributed by atoms with Gasteiger partial charge in [-0.25, -0.2) is 4.79 Å². The molecule has 18 heavy (non-hydrogen) atoms. The topological polar surface area (TPSA) is 78.7 Å². The van der Waals surface area contributed by atoms with Crippen LogP contribution in [-0.2, 0) is 10.6 Å². The minimum atomic E-state index is -0.640. The molecule has 0 fully saturated rings. The molecule has 7 heteroatoms. The molecule has 0 saturated heterocycles. The van der Waals surface area contributed by atoms with Gasteiger partial charge < -0.3 is 9.47 Å². The number of carbonyl (C=O) groups excluding carboxylic acids is 1. The number of nitro groups is 1. The van der Waals surface area contributed by atoms with Crippen molar-refractivity contribution >= 4 is 23.3 Å². The summed E-state index contributed by atoms with van der Waals surface area (Å²) in [6.45, 7) is 1.83. The van der Waals surface area contributed by atoms with Gasteiger partial charge in [-0.05, 0) is 18.6 Å². The van der Waals surface area contributed by atoms with Crippen molar-refractivity contribution in [3.05, 3.63) is 33.4 Å². The van der Waals surface area contributed by atoms with Gasteiger partial charge in [-0.15, -0.1) is 11.6 Å². The summed E-state index contributed by atoms with van der Waals surface area (Å²) in [4.78, 5) is 21.9. The first-order valence-electron chi connectivity index (χ1n) is 5.13. The van der Waals surface area contributed by atoms with Gasteiger partial charge in [0.25, 0.3) is 0 Å². The first kappa shape index (κ1) is 14.2. The number of halogens is 1. The molecule has 0 saturated carbocycles. The maximum Gasteiger partial charge on any atom is 0.338 e. The summed E-state index contributed by atoms with van der Waals surface area (Å²) in [5.74, 6) is -0.551. The second-order valence-corrected chi connectivity index (χ2v) is 3.56. The normalized spacial score (nSPS) is 9.94. The van der Waals surface area contributed by atoms with Crippen molar-refractivity contribution in [3.8, 4) is 5.75 Å². The highest BCUT2D eigenvalue weighted by molar-refractivity contribution is 6.17. The van der Waals surface area contributed by atoms with Gasteiger partial charge in [-0.3, -0.25) is 10.1 Å². The zero-order valence-corrected chi connectivity index (χ0v) is 10.7. The van der Waals surface area contributed by atoms with Crippen molar-refractivity contribution in [2.24, 2.45) is 0 Å². The molecular weight excluding hydrogens is 262 g/mol. The molecule has 1 aromatic rings. The molecule has 0 atom stereocenters. The largest absolute Gasteiger partial charge is 0.490 e. The Kier molecular flexibility index (Phi) is 4.91. The van der Waals surface area contributed by atoms with Gasteiger partial charge in [0.05, 0.1) is 24.2 Å². The van der Waals surface area contributed by atoms with Gasteiger partial charge in [0, 0.05) is 11.9 Å². The van der Waals surface area contributed by atoms with Gasteiger partial charge in [0.2, 0.25) is 0 Å². The molecule has 0 aliphatic rings. The Bertz CT molecular complexity index is 475. The lowest BCUT2D eigenvalue weighted by atomic mass is 10.1. The monoisotopic (exact) mass is 273 g/mol. The molecule has 0 radical (unpaired) electrons. The van der Waals surface area contributed by atoms with Crippen LogP contribution in [-0.4, -0.2) is 24.6 Å². The van der Waals surface area contributed by atoms with E-state index in [-0.39, 0.29) is 29.5 Å². The predicted octanol–water partition coefficient (Wildman–Crippen LogP) is 2.52. The van der Waals surface area contributed by atoms with E-state index in [1.807, 2.05) is 0 Å². The van der Waals surface area contributed by atoms with Gasteiger partial charge in [0.1, 0.15) is 0 Å². The zero-order chi connectivity index (χ0) is 13.7. The van der Waals surface area contributed by atoms with E-state index >= 15 is 0 Å². The van der Waals surface area contributed by atoms with E-state index in [1.165, 1.54) is 13.2 Å². The Hall–Kier alpha value is -1.82. The predicted molar refractivity (Wildman–Crippen MR) is 65.2 cm³/mol. The first-order chi connectivity index (χ1) is 8.54. The molecule has 98 valence electrons. The Labute approximate surface area is 109 Å². The van der Waals surface area contributed by atoms with Crippen LogP contribution in [0.3, 0.4) is 0 Å². The molecule has 0 aliphatic carbocycles. The molecule has 0 aliphatic heterocycles. The molecule has 0 heterocycles. The molecule has 1 aromatic carbocycles. The van der Waals surface area contributed by atoms with Crippen LogP contribution in [0.4, 0.5) is 5.69 Å². The Balaban J connectivity index is 3.36. The van der Waals surface area contributed by atoms with E-state index in [1.54, 1.807) is 6.92 Å². The van der Waals surface area contributed by atoms with Crippen molar-refractivity contribution in [2.45, 2.75) is 12.8 Å². The Morgan fingerprint density at radius 3 is 2.61 bits per heavy atom. The second kappa shape index (κ2) is 6.20. The van der Waals surface area contributed by atoms with Crippen molar-refractivity contribution in [1.29, 1.82) is 0 Å². The van der Waals surface area contributed by atoms with Crippen LogP contribution < -0.4 is 4.74 Å². The number of nitrogens with zero attached hydrogens (tertiary/aromatic N) is 1. The third-order valence-electron chi connectivity index (χ3n) is 2.24. The standard InChI is InChI=1S/C11H12ClNO5/c1-3-18-11(14)8-5-9(13(15)16)10(17-2)4-7(8)6-12/h4-5H,3,6H2,1-2H3. The van der Waals surface area contributed by atoms with E-state index in [2.05, 4.69) is 0 Å². The van der Waals surface area contributed by atoms with Crippen LogP contribution in [0.15, 0.2) is 12.1 Å². The highest BCUT2D eigenvalue weighted by Gasteiger charge is 2.22. The third-order valence-corrected chi connectivity index (χ3v) is 2.53. The zero-order valence-electron chi connectivity index (χ0n) is 9.94. The average Bonchev–Trinajstić information content (AvgIpc) is 2.37. The second-order valence-electron chi connectivity index (χ2n) is 3.29. The molecule has 0 N–H and O–H groups in total. The number of rotatable bonds is 5. The van der Waals surface area contributed by atoms with Gasteiger partial charge >= 0.3 is 11.7 Å². The van der Waals surface area contributed by atoms with Crippen molar-refractivity contribution < 1.29 is 19.2 Å². The number of carbonyl (C=O) groups is 1. The summed E-state index contributed by atoms with van der Waals surface area (Å²) in [5.41, 5.74) is 0.214. The minimum absolute atomic E-state index is 0.0303. The summed E-state index contributed by atoms with van der Waals surface area (Å²) in [7, 11) is 1.31. The SMILES string of the molecule is CCOC(=O)c1cc([N+](=O)[O-])c(OC)cc1CCl. The van der Waals surface area contributed by atoms with Crippen LogP contribution in [0.2, 0.25) is 0 Å². The minimum Gasteiger partial charge on any atom is -0.490 e. The molecular formula is C11H12ClNO5. The van der Waals surface area contributed by atoms with Crippen LogP contribution in [0.1, 0.15) is 22.8 Å². The number of methoxy groups -OCH3 is 1. The fraction of sp³-hybridized carbons (Fsp3) is 0.364. The number of nitro benzene ring substituents is 1. The summed E-state index contributed by atoms with van der Waals surface area (Å²) < 4.78 is 9.71. The Morgan fingerprint density at radius 2 is 2.17 bits per heavy atom. The lowest BCUT2D eigenvalue weighted by Gasteiger charge is -2.09. The van der Waals surface area contributed by atoms with E-state index in [0.29, 0.717) is 5.56 Å². The van der Waals surface area contributed by atoms with E-state index in [0.717, 1.165) is 6.07 Å². The van der Waals surface area contributed by atoms with Crippen molar-refractivity contribution in [3.63, 3.8) is 0 Å². The van der Waals surface area contributed by atoms with E-state index < -0.39 is 10.9 Å². The molecule has 0 spiro atoms. The molecule has 0 amide bonds. The molecule has 0 aromatic heterocycles. The maximum absolute atomic E-state index is 11.7. The average molecular weight is 274 g/mol. The van der Waals surface area contributed by atoms with Crippen molar-refractivity contribution in [2.75, 3.05) is 13.7 Å². The molecule has 0 unspecified atom stereocenters. The molecule has 0 bridgehead atoms. The number of hydrogen-bond donors (Lipinski definition) is 0. The van der Waals surface area contributed by atoms with Crippen LogP contribution in [0, 0.1) is 10.1 Å². The van der Waals surface area contributed by atoms with Crippen LogP contribution in [0.25, 0.3) is 0 Å². The maximum atomic E-state index is 11.7. The smallest absolute Gasteiger partial charge is 0.338 e. The lowest BCUT2D eigenvalue weighted by Crippen LogP contribution is -2.09. The summed E-state index contributed by atoms with van der Waals surface area (Å²) in [5, 5.41) is 10.9. The van der Waals surface area contributed by atoms with E-state index in [4.69, 9.17) is 21.1 Å². The third kappa shape index (κ3) is 2.89. The van der Waals surface area contributed by atoms with Gasteiger partial charge in [0.15, 0.2) is 5.75 Å². The summed E-state index contributed by atoms with van der Waals surface area (Å²) in [6, 6.07) is 2.49. The fourth-order valence-corrected chi connectivity index (χ4v) is 1.65. The molecule has 1 rings (SSSR count). The first-order valence-corrected chi connectivity index (χ1v) is 5.67. The summed E-state index contributed by atoms with van der Waals surface area (Å²) in [6.07, 6.45) is 0. The number of esters is 1. The van der Waals surface area contributed by atoms with Crippen LogP contribution >= 0.6 is 11.6 Å². The molecule has 6 nitrogen and oxygen atoms in total. The van der Waals surface area contributed by atoms with E-state index in [9.17, 15) is 14.9 Å². The summed E-state index contributed by atoms with van der Waals surface area (Å²) >= 11 is 5.70. The van der Waals surface area contributed by atoms with Gasteiger partial charge in [-0.1, -0.05) is 0 Å². The number of ether oxygens (including phenoxy) is 2.